The number of thiophene rings is 1. The van der Waals surface area contributed by atoms with Crippen molar-refractivity contribution >= 4 is 44.1 Å². The van der Waals surface area contributed by atoms with Gasteiger partial charge in [-0.3, -0.25) is 14.2 Å². The molecule has 4 rings (SSSR count). The summed E-state index contributed by atoms with van der Waals surface area (Å²) in [7, 11) is 0. The number of aromatic nitrogens is 3. The van der Waals surface area contributed by atoms with Gasteiger partial charge in [0, 0.05) is 10.3 Å². The summed E-state index contributed by atoms with van der Waals surface area (Å²) in [5.41, 5.74) is 0.592. The molecular formula is C20H19N5O3S. The number of benzene rings is 1. The normalized spacial score (nSPS) is 12.9. The van der Waals surface area contributed by atoms with E-state index in [2.05, 4.69) is 27.1 Å². The van der Waals surface area contributed by atoms with Crippen molar-refractivity contribution in [2.24, 2.45) is 10.2 Å². The summed E-state index contributed by atoms with van der Waals surface area (Å²) in [5.74, 6) is -0.778. The molecule has 29 heavy (non-hydrogen) atoms. The first-order valence-corrected chi connectivity index (χ1v) is 10.1. The van der Waals surface area contributed by atoms with Crippen LogP contribution in [0.2, 0.25) is 0 Å². The van der Waals surface area contributed by atoms with Gasteiger partial charge < -0.3 is 10.1 Å². The average molecular weight is 409 g/mol. The molecule has 1 unspecified atom stereocenters. The van der Waals surface area contributed by atoms with Gasteiger partial charge in [0.1, 0.15) is 10.9 Å². The second-order valence-corrected chi connectivity index (χ2v) is 7.84. The van der Waals surface area contributed by atoms with Gasteiger partial charge in [0.2, 0.25) is 5.88 Å². The van der Waals surface area contributed by atoms with Crippen molar-refractivity contribution in [3.63, 3.8) is 0 Å². The quantitative estimate of drug-likeness (QED) is 0.474. The van der Waals surface area contributed by atoms with Crippen LogP contribution in [-0.4, -0.2) is 25.5 Å². The summed E-state index contributed by atoms with van der Waals surface area (Å²) in [5, 5.41) is 18.8. The topological polar surface area (TPSA) is 113 Å². The van der Waals surface area contributed by atoms with Crippen molar-refractivity contribution in [3.8, 4) is 5.88 Å². The Kier molecular flexibility index (Phi) is 4.98. The summed E-state index contributed by atoms with van der Waals surface area (Å²) in [6.07, 6.45) is 3.24. The fourth-order valence-electron chi connectivity index (χ4n) is 3.15. The average Bonchev–Trinajstić information content (AvgIpc) is 3.26. The molecule has 0 radical (unpaired) electrons. The van der Waals surface area contributed by atoms with E-state index in [1.165, 1.54) is 22.2 Å². The molecule has 3 aromatic heterocycles. The third-order valence-electron chi connectivity index (χ3n) is 4.71. The standard InChI is InChI=1S/C20H19N5O3S/c1-3-6-12-9-14-19(29-12)21-10-25(20(14)28)11(2)17(26)24-23-16-13-7-4-5-8-15(13)22-18(16)27/h4-5,7-11,22,27H,3,6H2,1-2H3. The van der Waals surface area contributed by atoms with E-state index in [4.69, 9.17) is 0 Å². The molecule has 0 aliphatic carbocycles. The first-order chi connectivity index (χ1) is 14.0. The minimum atomic E-state index is -0.870. The van der Waals surface area contributed by atoms with Crippen molar-refractivity contribution in [2.45, 2.75) is 32.7 Å². The van der Waals surface area contributed by atoms with Crippen LogP contribution in [0.25, 0.3) is 21.1 Å². The highest BCUT2D eigenvalue weighted by molar-refractivity contribution is 7.18. The number of rotatable bonds is 5. The number of hydrogen-bond donors (Lipinski definition) is 2. The van der Waals surface area contributed by atoms with E-state index >= 15 is 0 Å². The summed E-state index contributed by atoms with van der Waals surface area (Å²) in [6, 6.07) is 8.14. The smallest absolute Gasteiger partial charge is 0.287 e. The van der Waals surface area contributed by atoms with Crippen LogP contribution in [-0.2, 0) is 11.2 Å². The lowest BCUT2D eigenvalue weighted by Gasteiger charge is -2.09. The molecule has 0 bridgehead atoms. The molecule has 1 amide bonds. The minimum Gasteiger partial charge on any atom is -0.493 e. The Hall–Kier alpha value is -3.33. The molecule has 4 aromatic rings. The number of aryl methyl sites for hydroxylation is 1. The van der Waals surface area contributed by atoms with Gasteiger partial charge in [-0.25, -0.2) is 4.98 Å². The van der Waals surface area contributed by atoms with Gasteiger partial charge >= 0.3 is 0 Å². The fourth-order valence-corrected chi connectivity index (χ4v) is 4.24. The van der Waals surface area contributed by atoms with Crippen molar-refractivity contribution < 1.29 is 9.90 Å². The van der Waals surface area contributed by atoms with Crippen LogP contribution in [0.5, 0.6) is 5.88 Å². The molecule has 1 aromatic carbocycles. The van der Waals surface area contributed by atoms with Crippen LogP contribution in [0.1, 0.15) is 31.2 Å². The number of fused-ring (bicyclic) bond motifs is 2. The SMILES string of the molecule is CCCc1cc2c(=O)n(C(C)C(=O)N=Nc3c(O)[nH]c4ccccc34)cnc2s1. The predicted molar refractivity (Wildman–Crippen MR) is 112 cm³/mol. The van der Waals surface area contributed by atoms with Gasteiger partial charge in [-0.15, -0.1) is 21.6 Å². The Labute approximate surface area is 169 Å². The predicted octanol–water partition coefficient (Wildman–Crippen LogP) is 4.47. The van der Waals surface area contributed by atoms with Gasteiger partial charge in [-0.1, -0.05) is 31.5 Å². The molecule has 0 saturated carbocycles. The van der Waals surface area contributed by atoms with Crippen molar-refractivity contribution in [1.29, 1.82) is 0 Å². The van der Waals surface area contributed by atoms with E-state index in [1.54, 1.807) is 25.1 Å². The van der Waals surface area contributed by atoms with E-state index in [-0.39, 0.29) is 17.1 Å². The zero-order valence-corrected chi connectivity index (χ0v) is 16.7. The number of nitrogens with zero attached hydrogens (tertiary/aromatic N) is 4. The van der Waals surface area contributed by atoms with Gasteiger partial charge in [0.15, 0.2) is 5.69 Å². The molecule has 0 fully saturated rings. The molecule has 0 spiro atoms. The van der Waals surface area contributed by atoms with Crippen molar-refractivity contribution in [2.75, 3.05) is 0 Å². The monoisotopic (exact) mass is 409 g/mol. The van der Waals surface area contributed by atoms with E-state index < -0.39 is 11.9 Å². The molecule has 9 heteroatoms. The lowest BCUT2D eigenvalue weighted by atomic mass is 10.2. The second-order valence-electron chi connectivity index (χ2n) is 6.72. The third-order valence-corrected chi connectivity index (χ3v) is 5.81. The maximum Gasteiger partial charge on any atom is 0.287 e. The first kappa shape index (κ1) is 19.0. The van der Waals surface area contributed by atoms with Gasteiger partial charge in [0.25, 0.3) is 11.5 Å². The third kappa shape index (κ3) is 3.44. The molecule has 2 N–H and O–H groups in total. The zero-order chi connectivity index (χ0) is 20.5. The Balaban J connectivity index is 1.63. The maximum absolute atomic E-state index is 12.8. The Morgan fingerprint density at radius 2 is 2.14 bits per heavy atom. The number of aromatic hydroxyl groups is 1. The van der Waals surface area contributed by atoms with E-state index in [0.717, 1.165) is 17.7 Å². The number of carbonyl (C=O) groups excluding carboxylic acids is 1. The minimum absolute atomic E-state index is 0.169. The van der Waals surface area contributed by atoms with Crippen LogP contribution in [0, 0.1) is 0 Å². The van der Waals surface area contributed by atoms with Gasteiger partial charge in [0.05, 0.1) is 17.2 Å². The van der Waals surface area contributed by atoms with Crippen LogP contribution in [0.15, 0.2) is 51.7 Å². The number of azo groups is 1. The molecule has 1 atom stereocenters. The number of para-hydroxylation sites is 1. The molecular weight excluding hydrogens is 390 g/mol. The van der Waals surface area contributed by atoms with Crippen LogP contribution in [0.4, 0.5) is 5.69 Å². The van der Waals surface area contributed by atoms with Crippen molar-refractivity contribution in [1.82, 2.24) is 14.5 Å². The van der Waals surface area contributed by atoms with Crippen molar-refractivity contribution in [3.05, 3.63) is 51.9 Å². The van der Waals surface area contributed by atoms with E-state index in [0.29, 0.717) is 21.1 Å². The molecule has 0 aliphatic rings. The summed E-state index contributed by atoms with van der Waals surface area (Å²) in [6.45, 7) is 3.65. The fraction of sp³-hybridized carbons (Fsp3) is 0.250. The highest BCUT2D eigenvalue weighted by Gasteiger charge is 2.19. The summed E-state index contributed by atoms with van der Waals surface area (Å²) in [4.78, 5) is 34.2. The second kappa shape index (κ2) is 7.59. The summed E-state index contributed by atoms with van der Waals surface area (Å²) < 4.78 is 1.27. The van der Waals surface area contributed by atoms with Crippen LogP contribution >= 0.6 is 11.3 Å². The highest BCUT2D eigenvalue weighted by Crippen LogP contribution is 2.35. The number of H-pyrrole nitrogens is 1. The highest BCUT2D eigenvalue weighted by atomic mass is 32.1. The largest absolute Gasteiger partial charge is 0.493 e. The molecule has 0 saturated heterocycles. The number of hydrogen-bond acceptors (Lipinski definition) is 6. The van der Waals surface area contributed by atoms with E-state index in [1.807, 2.05) is 12.1 Å². The molecule has 8 nitrogen and oxygen atoms in total. The Morgan fingerprint density at radius 1 is 1.34 bits per heavy atom. The van der Waals surface area contributed by atoms with Crippen LogP contribution in [0.3, 0.4) is 0 Å². The van der Waals surface area contributed by atoms with E-state index in [9.17, 15) is 14.7 Å². The Bertz CT molecular complexity index is 1300. The molecule has 148 valence electrons. The van der Waals surface area contributed by atoms with Gasteiger partial charge in [-0.2, -0.15) is 0 Å². The lowest BCUT2D eigenvalue weighted by Crippen LogP contribution is -2.27. The number of nitrogens with one attached hydrogen (secondary N) is 1. The molecule has 0 aliphatic heterocycles. The first-order valence-electron chi connectivity index (χ1n) is 9.24. The molecule has 3 heterocycles. The zero-order valence-electron chi connectivity index (χ0n) is 15.9. The van der Waals surface area contributed by atoms with Crippen LogP contribution < -0.4 is 5.56 Å². The maximum atomic E-state index is 12.8. The summed E-state index contributed by atoms with van der Waals surface area (Å²) >= 11 is 1.49. The van der Waals surface area contributed by atoms with Gasteiger partial charge in [-0.05, 0) is 25.5 Å². The number of amides is 1. The lowest BCUT2D eigenvalue weighted by molar-refractivity contribution is -0.121. The Morgan fingerprint density at radius 3 is 2.93 bits per heavy atom. The number of aromatic amines is 1. The number of carbonyl (C=O) groups is 1.